The van der Waals surface area contributed by atoms with Crippen molar-refractivity contribution >= 4 is 17.7 Å². The Morgan fingerprint density at radius 1 is 1.09 bits per heavy atom. The Balaban J connectivity index is 1.22. The van der Waals surface area contributed by atoms with E-state index in [-0.39, 0.29) is 24.1 Å². The van der Waals surface area contributed by atoms with Gasteiger partial charge in [0.15, 0.2) is 0 Å². The molecule has 4 heterocycles. The van der Waals surface area contributed by atoms with Crippen LogP contribution < -0.4 is 16.0 Å². The Bertz CT molecular complexity index is 921. The zero-order chi connectivity index (χ0) is 22.8. The van der Waals surface area contributed by atoms with Crippen molar-refractivity contribution < 1.29 is 19.1 Å². The number of amides is 3. The molecule has 0 aromatic heterocycles. The number of imide groups is 1. The van der Waals surface area contributed by atoms with Crippen LogP contribution in [0, 0.1) is 11.3 Å². The first-order chi connectivity index (χ1) is 16.1. The number of ether oxygens (including phenoxy) is 1. The molecule has 178 valence electrons. The molecular formula is C25H34N4O4. The van der Waals surface area contributed by atoms with E-state index < -0.39 is 6.04 Å². The number of nitrogens with zero attached hydrogens (tertiary/aromatic N) is 1. The van der Waals surface area contributed by atoms with Crippen LogP contribution in [0.5, 0.6) is 0 Å². The summed E-state index contributed by atoms with van der Waals surface area (Å²) in [4.78, 5) is 38.2. The standard InChI is InChI=1S/C25H34N4O4/c30-22-4-3-21(23(31)28-22)29-15-18-13-17(1-2-20(18)24(29)32)14-27-16-25(7-11-33-12-8-25)19-5-9-26-10-6-19/h1-2,13,19,21,26-27H,3-12,14-16H2,(H,28,30,31). The fourth-order valence-corrected chi connectivity index (χ4v) is 6.14. The van der Waals surface area contributed by atoms with Gasteiger partial charge in [-0.3, -0.25) is 19.7 Å². The lowest BCUT2D eigenvalue weighted by molar-refractivity contribution is -0.136. The molecule has 5 rings (SSSR count). The maximum atomic E-state index is 12.9. The van der Waals surface area contributed by atoms with Gasteiger partial charge in [0.2, 0.25) is 11.8 Å². The van der Waals surface area contributed by atoms with Gasteiger partial charge in [-0.2, -0.15) is 0 Å². The van der Waals surface area contributed by atoms with Crippen molar-refractivity contribution in [1.29, 1.82) is 0 Å². The Kier molecular flexibility index (Phi) is 6.49. The summed E-state index contributed by atoms with van der Waals surface area (Å²) >= 11 is 0. The van der Waals surface area contributed by atoms with E-state index in [1.165, 1.54) is 12.8 Å². The topological polar surface area (TPSA) is 99.8 Å². The number of hydrogen-bond donors (Lipinski definition) is 3. The zero-order valence-electron chi connectivity index (χ0n) is 19.2. The van der Waals surface area contributed by atoms with Crippen LogP contribution in [0.3, 0.4) is 0 Å². The third kappa shape index (κ3) is 4.56. The monoisotopic (exact) mass is 454 g/mol. The number of fused-ring (bicyclic) bond motifs is 1. The van der Waals surface area contributed by atoms with Crippen LogP contribution in [0.4, 0.5) is 0 Å². The molecule has 0 radical (unpaired) electrons. The number of nitrogens with one attached hydrogen (secondary N) is 3. The number of rotatable bonds is 6. The van der Waals surface area contributed by atoms with Gasteiger partial charge in [0.1, 0.15) is 6.04 Å². The van der Waals surface area contributed by atoms with Gasteiger partial charge in [-0.1, -0.05) is 12.1 Å². The summed E-state index contributed by atoms with van der Waals surface area (Å²) in [6.07, 6.45) is 5.36. The molecule has 1 atom stereocenters. The van der Waals surface area contributed by atoms with E-state index in [2.05, 4.69) is 22.0 Å². The summed E-state index contributed by atoms with van der Waals surface area (Å²) in [6, 6.07) is 5.42. The second kappa shape index (κ2) is 9.52. The highest BCUT2D eigenvalue weighted by Gasteiger charge is 2.41. The fourth-order valence-electron chi connectivity index (χ4n) is 6.14. The number of carbonyl (C=O) groups is 3. The van der Waals surface area contributed by atoms with Crippen molar-refractivity contribution in [1.82, 2.24) is 20.9 Å². The predicted molar refractivity (Wildman–Crippen MR) is 122 cm³/mol. The molecule has 3 amide bonds. The molecule has 1 aromatic rings. The zero-order valence-corrected chi connectivity index (χ0v) is 19.2. The van der Waals surface area contributed by atoms with Gasteiger partial charge in [-0.25, -0.2) is 0 Å². The van der Waals surface area contributed by atoms with E-state index in [1.54, 1.807) is 4.90 Å². The van der Waals surface area contributed by atoms with Crippen molar-refractivity contribution in [2.75, 3.05) is 32.8 Å². The summed E-state index contributed by atoms with van der Waals surface area (Å²) < 4.78 is 5.69. The highest BCUT2D eigenvalue weighted by atomic mass is 16.5. The molecule has 3 saturated heterocycles. The third-order valence-electron chi connectivity index (χ3n) is 8.09. The Morgan fingerprint density at radius 2 is 1.88 bits per heavy atom. The van der Waals surface area contributed by atoms with Crippen molar-refractivity contribution in [3.05, 3.63) is 34.9 Å². The molecular weight excluding hydrogens is 420 g/mol. The lowest BCUT2D eigenvalue weighted by Crippen LogP contribution is -2.52. The van der Waals surface area contributed by atoms with Gasteiger partial charge in [-0.15, -0.1) is 0 Å². The minimum atomic E-state index is -0.567. The van der Waals surface area contributed by atoms with E-state index in [0.29, 0.717) is 23.9 Å². The lowest BCUT2D eigenvalue weighted by atomic mass is 9.66. The largest absolute Gasteiger partial charge is 0.381 e. The van der Waals surface area contributed by atoms with Crippen LogP contribution in [-0.4, -0.2) is 61.5 Å². The SMILES string of the molecule is O=C1CCC(N2Cc3cc(CNCC4(C5CCNCC5)CCOCC4)ccc3C2=O)C(=O)N1. The lowest BCUT2D eigenvalue weighted by Gasteiger charge is -2.45. The highest BCUT2D eigenvalue weighted by molar-refractivity contribution is 6.05. The van der Waals surface area contributed by atoms with E-state index in [1.807, 2.05) is 12.1 Å². The summed E-state index contributed by atoms with van der Waals surface area (Å²) in [6.45, 7) is 6.08. The number of hydrogen-bond acceptors (Lipinski definition) is 6. The molecule has 1 aromatic carbocycles. The molecule has 3 fully saturated rings. The Labute approximate surface area is 194 Å². The average Bonchev–Trinajstić information content (AvgIpc) is 3.16. The molecule has 4 aliphatic rings. The van der Waals surface area contributed by atoms with Gasteiger partial charge in [0, 0.05) is 44.8 Å². The average molecular weight is 455 g/mol. The van der Waals surface area contributed by atoms with Crippen LogP contribution in [0.15, 0.2) is 18.2 Å². The van der Waals surface area contributed by atoms with Crippen molar-refractivity contribution in [3.8, 4) is 0 Å². The molecule has 8 nitrogen and oxygen atoms in total. The van der Waals surface area contributed by atoms with Crippen molar-refractivity contribution in [3.63, 3.8) is 0 Å². The first-order valence-electron chi connectivity index (χ1n) is 12.3. The Hall–Kier alpha value is -2.29. The van der Waals surface area contributed by atoms with Gasteiger partial charge in [-0.05, 0) is 73.7 Å². The van der Waals surface area contributed by atoms with Crippen LogP contribution in [0.2, 0.25) is 0 Å². The van der Waals surface area contributed by atoms with Gasteiger partial charge >= 0.3 is 0 Å². The van der Waals surface area contributed by atoms with E-state index in [9.17, 15) is 14.4 Å². The van der Waals surface area contributed by atoms with Crippen LogP contribution in [0.1, 0.15) is 60.0 Å². The van der Waals surface area contributed by atoms with Gasteiger partial charge in [0.25, 0.3) is 5.91 Å². The van der Waals surface area contributed by atoms with Crippen molar-refractivity contribution in [2.45, 2.75) is 57.7 Å². The summed E-state index contributed by atoms with van der Waals surface area (Å²) in [5, 5.41) is 9.57. The van der Waals surface area contributed by atoms with E-state index >= 15 is 0 Å². The third-order valence-corrected chi connectivity index (χ3v) is 8.09. The van der Waals surface area contributed by atoms with Crippen molar-refractivity contribution in [2.24, 2.45) is 11.3 Å². The second-order valence-electron chi connectivity index (χ2n) is 9.99. The van der Waals surface area contributed by atoms with E-state index in [4.69, 9.17) is 4.74 Å². The molecule has 0 spiro atoms. The molecule has 8 heteroatoms. The highest BCUT2D eigenvalue weighted by Crippen LogP contribution is 2.42. The minimum Gasteiger partial charge on any atom is -0.381 e. The summed E-state index contributed by atoms with van der Waals surface area (Å²) in [7, 11) is 0. The first kappa shape index (κ1) is 22.5. The molecule has 0 aliphatic carbocycles. The molecule has 1 unspecified atom stereocenters. The van der Waals surface area contributed by atoms with E-state index in [0.717, 1.165) is 69.3 Å². The second-order valence-corrected chi connectivity index (χ2v) is 9.99. The van der Waals surface area contributed by atoms with Crippen LogP contribution in [0.25, 0.3) is 0 Å². The van der Waals surface area contributed by atoms with Gasteiger partial charge < -0.3 is 20.3 Å². The minimum absolute atomic E-state index is 0.119. The number of benzene rings is 1. The number of carbonyl (C=O) groups excluding carboxylic acids is 3. The molecule has 33 heavy (non-hydrogen) atoms. The predicted octanol–water partition coefficient (Wildman–Crippen LogP) is 1.33. The van der Waals surface area contributed by atoms with Crippen LogP contribution >= 0.6 is 0 Å². The van der Waals surface area contributed by atoms with Gasteiger partial charge in [0.05, 0.1) is 0 Å². The summed E-state index contributed by atoms with van der Waals surface area (Å²) in [5.41, 5.74) is 3.08. The quantitative estimate of drug-likeness (QED) is 0.561. The maximum Gasteiger partial charge on any atom is 0.255 e. The first-order valence-corrected chi connectivity index (χ1v) is 12.3. The normalized spacial score (nSPS) is 25.8. The fraction of sp³-hybridized carbons (Fsp3) is 0.640. The smallest absolute Gasteiger partial charge is 0.255 e. The Morgan fingerprint density at radius 3 is 2.64 bits per heavy atom. The molecule has 3 N–H and O–H groups in total. The molecule has 4 aliphatic heterocycles. The van der Waals surface area contributed by atoms with Crippen LogP contribution in [-0.2, 0) is 27.4 Å². The molecule has 0 bridgehead atoms. The summed E-state index contributed by atoms with van der Waals surface area (Å²) in [5.74, 6) is -0.0181. The maximum absolute atomic E-state index is 12.9. The molecule has 0 saturated carbocycles. The number of piperidine rings is 2.